The molecular weight excluding hydrogens is 228 g/mol. The van der Waals surface area contributed by atoms with Crippen LogP contribution >= 0.6 is 0 Å². The van der Waals surface area contributed by atoms with Gasteiger partial charge in [0.2, 0.25) is 0 Å². The summed E-state index contributed by atoms with van der Waals surface area (Å²) in [6, 6.07) is 0. The lowest BCUT2D eigenvalue weighted by Gasteiger charge is -2.12. The minimum atomic E-state index is -3.71. The van der Waals surface area contributed by atoms with Crippen molar-refractivity contribution < 1.29 is 21.0 Å². The molecule has 1 atom stereocenters. The number of sulfone groups is 1. The van der Waals surface area contributed by atoms with E-state index in [1.807, 2.05) is 0 Å². The molecule has 0 spiro atoms. The van der Waals surface area contributed by atoms with Crippen LogP contribution in [0.2, 0.25) is 0 Å². The Labute approximate surface area is 84.5 Å². The van der Waals surface area contributed by atoms with Gasteiger partial charge in [0, 0.05) is 0 Å². The van der Waals surface area contributed by atoms with Crippen LogP contribution in [0.4, 0.5) is 0 Å². The Morgan fingerprint density at radius 2 is 1.93 bits per heavy atom. The molecule has 0 aromatic heterocycles. The smallest absolute Gasteiger partial charge is 0.267 e. The van der Waals surface area contributed by atoms with Gasteiger partial charge in [-0.3, -0.25) is 4.18 Å². The van der Waals surface area contributed by atoms with E-state index in [1.54, 1.807) is 13.8 Å². The largest absolute Gasteiger partial charge is 0.271 e. The SMILES string of the molecule is CC(C)OS(=O)(=O)[C@H]1CCS(=O)(=O)C1. The summed E-state index contributed by atoms with van der Waals surface area (Å²) >= 11 is 0. The van der Waals surface area contributed by atoms with Gasteiger partial charge in [0.25, 0.3) is 10.1 Å². The first-order chi connectivity index (χ1) is 6.23. The summed E-state index contributed by atoms with van der Waals surface area (Å²) in [5.41, 5.74) is 0. The van der Waals surface area contributed by atoms with Crippen LogP contribution in [-0.4, -0.2) is 39.7 Å². The summed E-state index contributed by atoms with van der Waals surface area (Å²) in [7, 11) is -6.88. The second-order valence-corrected chi connectivity index (χ2v) is 7.74. The summed E-state index contributed by atoms with van der Waals surface area (Å²) < 4.78 is 49.7. The normalized spacial score (nSPS) is 26.9. The summed E-state index contributed by atoms with van der Waals surface area (Å²) in [5, 5.41) is -0.880. The summed E-state index contributed by atoms with van der Waals surface area (Å²) in [5.74, 6) is -0.361. The van der Waals surface area contributed by atoms with E-state index in [9.17, 15) is 16.8 Å². The zero-order valence-electron chi connectivity index (χ0n) is 8.13. The highest BCUT2D eigenvalue weighted by Gasteiger charge is 2.38. The standard InChI is InChI=1S/C7H14O5S2/c1-6(2)12-14(10,11)7-3-4-13(8,9)5-7/h6-7H,3-5H2,1-2H3/t7-/m0/s1. The van der Waals surface area contributed by atoms with E-state index in [2.05, 4.69) is 0 Å². The topological polar surface area (TPSA) is 77.5 Å². The fraction of sp³-hybridized carbons (Fsp3) is 1.00. The minimum absolute atomic E-state index is 0.0572. The molecule has 1 heterocycles. The fourth-order valence-electron chi connectivity index (χ4n) is 1.34. The van der Waals surface area contributed by atoms with Gasteiger partial charge < -0.3 is 0 Å². The van der Waals surface area contributed by atoms with Crippen LogP contribution in [0.3, 0.4) is 0 Å². The van der Waals surface area contributed by atoms with Crippen molar-refractivity contribution in [3.05, 3.63) is 0 Å². The molecule has 1 saturated heterocycles. The zero-order chi connectivity index (χ0) is 11.0. The average Bonchev–Trinajstić information content (AvgIpc) is 2.27. The van der Waals surface area contributed by atoms with E-state index in [0.29, 0.717) is 0 Å². The van der Waals surface area contributed by atoms with Gasteiger partial charge in [-0.1, -0.05) is 0 Å². The van der Waals surface area contributed by atoms with Gasteiger partial charge in [0.15, 0.2) is 9.84 Å². The highest BCUT2D eigenvalue weighted by molar-refractivity contribution is 7.94. The Hall–Kier alpha value is -0.140. The molecule has 0 aromatic rings. The van der Waals surface area contributed by atoms with Crippen molar-refractivity contribution >= 4 is 20.0 Å². The van der Waals surface area contributed by atoms with Gasteiger partial charge in [-0.2, -0.15) is 8.42 Å². The predicted molar refractivity (Wildman–Crippen MR) is 52.2 cm³/mol. The van der Waals surface area contributed by atoms with Crippen LogP contribution < -0.4 is 0 Å². The molecule has 1 aliphatic heterocycles. The molecule has 5 nitrogen and oxygen atoms in total. The molecule has 0 N–H and O–H groups in total. The van der Waals surface area contributed by atoms with Gasteiger partial charge in [0.1, 0.15) is 5.25 Å². The molecule has 0 aromatic carbocycles. The Morgan fingerprint density at radius 1 is 1.36 bits per heavy atom. The molecule has 0 amide bonds. The van der Waals surface area contributed by atoms with Gasteiger partial charge in [0.05, 0.1) is 17.6 Å². The Kier molecular flexibility index (Phi) is 3.23. The maximum Gasteiger partial charge on any atom is 0.271 e. The zero-order valence-corrected chi connectivity index (χ0v) is 9.77. The summed E-state index contributed by atoms with van der Waals surface area (Å²) in [6.07, 6.45) is -0.291. The molecule has 7 heteroatoms. The second kappa shape index (κ2) is 3.79. The Morgan fingerprint density at radius 3 is 2.29 bits per heavy atom. The van der Waals surface area contributed by atoms with Crippen molar-refractivity contribution in [2.24, 2.45) is 0 Å². The van der Waals surface area contributed by atoms with Crippen molar-refractivity contribution in [2.75, 3.05) is 11.5 Å². The van der Waals surface area contributed by atoms with Gasteiger partial charge >= 0.3 is 0 Å². The lowest BCUT2D eigenvalue weighted by molar-refractivity contribution is 0.245. The Balaban J connectivity index is 2.77. The van der Waals surface area contributed by atoms with E-state index in [1.165, 1.54) is 0 Å². The molecule has 84 valence electrons. The maximum absolute atomic E-state index is 11.4. The third kappa shape index (κ3) is 2.93. The van der Waals surface area contributed by atoms with Crippen molar-refractivity contribution in [1.82, 2.24) is 0 Å². The van der Waals surface area contributed by atoms with Gasteiger partial charge in [-0.25, -0.2) is 8.42 Å². The van der Waals surface area contributed by atoms with Crippen LogP contribution in [0.5, 0.6) is 0 Å². The third-order valence-corrected chi connectivity index (χ3v) is 5.78. The lowest BCUT2D eigenvalue weighted by Crippen LogP contribution is -2.27. The lowest BCUT2D eigenvalue weighted by atomic mass is 10.4. The third-order valence-electron chi connectivity index (χ3n) is 1.93. The molecule has 14 heavy (non-hydrogen) atoms. The monoisotopic (exact) mass is 242 g/mol. The molecule has 0 saturated carbocycles. The van der Waals surface area contributed by atoms with Gasteiger partial charge in [-0.15, -0.1) is 0 Å². The first-order valence-corrected chi connectivity index (χ1v) is 7.65. The van der Waals surface area contributed by atoms with E-state index in [0.717, 1.165) is 0 Å². The summed E-state index contributed by atoms with van der Waals surface area (Å²) in [6.45, 7) is 3.20. The van der Waals surface area contributed by atoms with E-state index in [-0.39, 0.29) is 17.9 Å². The maximum atomic E-state index is 11.4. The number of rotatable bonds is 3. The molecule has 0 radical (unpaired) electrons. The number of hydrogen-bond acceptors (Lipinski definition) is 5. The number of hydrogen-bond donors (Lipinski definition) is 0. The van der Waals surface area contributed by atoms with Crippen LogP contribution in [0.25, 0.3) is 0 Å². The molecule has 0 aliphatic carbocycles. The van der Waals surface area contributed by atoms with E-state index < -0.39 is 31.3 Å². The second-order valence-electron chi connectivity index (χ2n) is 3.66. The molecule has 1 rings (SSSR count). The van der Waals surface area contributed by atoms with E-state index in [4.69, 9.17) is 4.18 Å². The fourth-order valence-corrected chi connectivity index (χ4v) is 5.42. The minimum Gasteiger partial charge on any atom is -0.267 e. The molecule has 1 fully saturated rings. The quantitative estimate of drug-likeness (QED) is 0.647. The molecular formula is C7H14O5S2. The molecule has 0 bridgehead atoms. The first kappa shape index (κ1) is 11.9. The molecule has 1 aliphatic rings. The van der Waals surface area contributed by atoms with Crippen molar-refractivity contribution in [2.45, 2.75) is 31.6 Å². The highest BCUT2D eigenvalue weighted by Crippen LogP contribution is 2.21. The van der Waals surface area contributed by atoms with Gasteiger partial charge in [-0.05, 0) is 20.3 Å². The van der Waals surface area contributed by atoms with Crippen LogP contribution in [0, 0.1) is 0 Å². The van der Waals surface area contributed by atoms with Crippen LogP contribution in [-0.2, 0) is 24.1 Å². The van der Waals surface area contributed by atoms with E-state index >= 15 is 0 Å². The first-order valence-electron chi connectivity index (χ1n) is 4.35. The predicted octanol–water partition coefficient (Wildman–Crippen LogP) is -0.0717. The summed E-state index contributed by atoms with van der Waals surface area (Å²) in [4.78, 5) is 0. The van der Waals surface area contributed by atoms with Crippen molar-refractivity contribution in [3.63, 3.8) is 0 Å². The van der Waals surface area contributed by atoms with Crippen molar-refractivity contribution in [3.8, 4) is 0 Å². The Bertz CT molecular complexity index is 392. The van der Waals surface area contributed by atoms with Crippen molar-refractivity contribution in [1.29, 1.82) is 0 Å². The molecule has 0 unspecified atom stereocenters. The highest BCUT2D eigenvalue weighted by atomic mass is 32.2. The van der Waals surface area contributed by atoms with Crippen LogP contribution in [0.1, 0.15) is 20.3 Å². The average molecular weight is 242 g/mol. The van der Waals surface area contributed by atoms with Crippen LogP contribution in [0.15, 0.2) is 0 Å².